The quantitative estimate of drug-likeness (QED) is 0.439. The normalized spacial score (nSPS) is 15.0. The van der Waals surface area contributed by atoms with Crippen molar-refractivity contribution in [2.45, 2.75) is 0 Å². The van der Waals surface area contributed by atoms with Crippen LogP contribution in [-0.4, -0.2) is 28.5 Å². The SMILES string of the molecule is O=C(CN1C(=O)S/C(=C\c2ccc(-c3cccc(Cl)c3Cl)o2)C1=O)Nc1ccc(F)cc1. The first-order valence-electron chi connectivity index (χ1n) is 9.17. The third-order valence-corrected chi connectivity index (χ3v) is 6.15. The zero-order chi connectivity index (χ0) is 22.8. The molecular weight excluding hydrogens is 478 g/mol. The van der Waals surface area contributed by atoms with Gasteiger partial charge >= 0.3 is 0 Å². The molecule has 0 bridgehead atoms. The molecule has 4 rings (SSSR count). The van der Waals surface area contributed by atoms with Crippen molar-refractivity contribution in [1.29, 1.82) is 0 Å². The van der Waals surface area contributed by atoms with Crippen molar-refractivity contribution in [3.8, 4) is 11.3 Å². The highest BCUT2D eigenvalue weighted by molar-refractivity contribution is 8.18. The number of anilines is 1. The molecule has 3 aromatic rings. The summed E-state index contributed by atoms with van der Waals surface area (Å²) in [7, 11) is 0. The molecule has 0 unspecified atom stereocenters. The number of thioether (sulfide) groups is 1. The molecule has 0 saturated carbocycles. The topological polar surface area (TPSA) is 79.6 Å². The number of hydrogen-bond acceptors (Lipinski definition) is 5. The minimum Gasteiger partial charge on any atom is -0.457 e. The summed E-state index contributed by atoms with van der Waals surface area (Å²) in [6.07, 6.45) is 1.42. The van der Waals surface area contributed by atoms with Gasteiger partial charge in [-0.1, -0.05) is 29.3 Å². The maximum Gasteiger partial charge on any atom is 0.294 e. The van der Waals surface area contributed by atoms with E-state index in [0.29, 0.717) is 44.6 Å². The number of carbonyl (C=O) groups excluding carboxylic acids is 3. The Balaban J connectivity index is 1.47. The lowest BCUT2D eigenvalue weighted by atomic mass is 10.2. The van der Waals surface area contributed by atoms with Gasteiger partial charge in [-0.15, -0.1) is 0 Å². The minimum absolute atomic E-state index is 0.114. The van der Waals surface area contributed by atoms with Crippen molar-refractivity contribution in [3.05, 3.63) is 81.1 Å². The summed E-state index contributed by atoms with van der Waals surface area (Å²) in [6.45, 7) is -0.471. The number of imide groups is 1. The van der Waals surface area contributed by atoms with E-state index in [2.05, 4.69) is 5.32 Å². The van der Waals surface area contributed by atoms with Crippen molar-refractivity contribution in [2.24, 2.45) is 0 Å². The van der Waals surface area contributed by atoms with Crippen LogP contribution >= 0.6 is 35.0 Å². The van der Waals surface area contributed by atoms with Crippen LogP contribution in [0.15, 0.2) is 63.9 Å². The number of nitrogens with one attached hydrogen (secondary N) is 1. The first-order chi connectivity index (χ1) is 15.3. The van der Waals surface area contributed by atoms with Gasteiger partial charge in [-0.05, 0) is 60.3 Å². The maximum absolute atomic E-state index is 13.0. The third-order valence-electron chi connectivity index (χ3n) is 4.42. The molecule has 32 heavy (non-hydrogen) atoms. The number of nitrogens with zero attached hydrogens (tertiary/aromatic N) is 1. The fraction of sp³-hybridized carbons (Fsp3) is 0.0455. The Morgan fingerprint density at radius 3 is 2.59 bits per heavy atom. The second kappa shape index (κ2) is 9.20. The molecule has 1 aliphatic rings. The molecular formula is C22H13Cl2FN2O4S. The number of amides is 3. The van der Waals surface area contributed by atoms with Crippen molar-refractivity contribution >= 4 is 63.8 Å². The average Bonchev–Trinajstić information content (AvgIpc) is 3.32. The van der Waals surface area contributed by atoms with E-state index in [9.17, 15) is 18.8 Å². The van der Waals surface area contributed by atoms with Crippen LogP contribution in [0, 0.1) is 5.82 Å². The second-order valence-corrected chi connectivity index (χ2v) is 8.40. The molecule has 3 amide bonds. The molecule has 0 aliphatic carbocycles. The maximum atomic E-state index is 13.0. The molecule has 0 atom stereocenters. The Kier molecular flexibility index (Phi) is 6.36. The zero-order valence-corrected chi connectivity index (χ0v) is 18.4. The van der Waals surface area contributed by atoms with E-state index in [4.69, 9.17) is 27.6 Å². The third kappa shape index (κ3) is 4.72. The van der Waals surface area contributed by atoms with Gasteiger partial charge in [0.05, 0.1) is 15.0 Å². The standard InChI is InChI=1S/C22H13Cl2FN2O4S/c23-16-3-1-2-15(20(16)24)17-9-8-14(31-17)10-18-21(29)27(22(30)32-18)11-19(28)26-13-6-4-12(25)5-7-13/h1-10H,11H2,(H,26,28)/b18-10-. The van der Waals surface area contributed by atoms with Gasteiger partial charge in [0.15, 0.2) is 0 Å². The van der Waals surface area contributed by atoms with Crippen LogP contribution < -0.4 is 5.32 Å². The summed E-state index contributed by atoms with van der Waals surface area (Å²) in [5.41, 5.74) is 0.936. The van der Waals surface area contributed by atoms with E-state index in [-0.39, 0.29) is 4.91 Å². The lowest BCUT2D eigenvalue weighted by molar-refractivity contribution is -0.127. The largest absolute Gasteiger partial charge is 0.457 e. The van der Waals surface area contributed by atoms with Crippen molar-refractivity contribution < 1.29 is 23.2 Å². The summed E-state index contributed by atoms with van der Waals surface area (Å²) >= 11 is 12.9. The van der Waals surface area contributed by atoms with Gasteiger partial charge < -0.3 is 9.73 Å². The number of carbonyl (C=O) groups is 3. The Morgan fingerprint density at radius 1 is 1.09 bits per heavy atom. The predicted octanol–water partition coefficient (Wildman–Crippen LogP) is 6.07. The lowest BCUT2D eigenvalue weighted by Gasteiger charge is -2.12. The predicted molar refractivity (Wildman–Crippen MR) is 122 cm³/mol. The molecule has 0 radical (unpaired) electrons. The number of rotatable bonds is 5. The molecule has 1 fully saturated rings. The molecule has 1 aliphatic heterocycles. The molecule has 1 saturated heterocycles. The fourth-order valence-corrected chi connectivity index (χ4v) is 4.12. The molecule has 2 heterocycles. The van der Waals surface area contributed by atoms with E-state index in [1.807, 2.05) is 0 Å². The summed E-state index contributed by atoms with van der Waals surface area (Å²) in [4.78, 5) is 38.0. The zero-order valence-electron chi connectivity index (χ0n) is 16.1. The van der Waals surface area contributed by atoms with Crippen LogP contribution in [0.1, 0.15) is 5.76 Å². The van der Waals surface area contributed by atoms with Crippen LogP contribution in [0.2, 0.25) is 10.0 Å². The number of benzene rings is 2. The van der Waals surface area contributed by atoms with Gasteiger partial charge in [-0.2, -0.15) is 0 Å². The summed E-state index contributed by atoms with van der Waals surface area (Å²) < 4.78 is 18.7. The molecule has 1 aromatic heterocycles. The van der Waals surface area contributed by atoms with Crippen LogP contribution in [0.5, 0.6) is 0 Å². The van der Waals surface area contributed by atoms with Gasteiger partial charge in [0.2, 0.25) is 5.91 Å². The van der Waals surface area contributed by atoms with Crippen LogP contribution in [0.25, 0.3) is 17.4 Å². The molecule has 162 valence electrons. The Bertz CT molecular complexity index is 1260. The minimum atomic E-state index is -0.618. The molecule has 0 spiro atoms. The Morgan fingerprint density at radius 2 is 1.84 bits per heavy atom. The van der Waals surface area contributed by atoms with Crippen LogP contribution in [0.3, 0.4) is 0 Å². The highest BCUT2D eigenvalue weighted by Gasteiger charge is 2.36. The number of furan rings is 1. The van der Waals surface area contributed by atoms with Crippen molar-refractivity contribution in [1.82, 2.24) is 4.90 Å². The van der Waals surface area contributed by atoms with E-state index >= 15 is 0 Å². The second-order valence-electron chi connectivity index (χ2n) is 6.63. The monoisotopic (exact) mass is 490 g/mol. The highest BCUT2D eigenvalue weighted by Crippen LogP contribution is 2.36. The number of halogens is 3. The smallest absolute Gasteiger partial charge is 0.294 e. The fourth-order valence-electron chi connectivity index (χ4n) is 2.91. The van der Waals surface area contributed by atoms with E-state index in [0.717, 1.165) is 4.90 Å². The first-order valence-corrected chi connectivity index (χ1v) is 10.7. The molecule has 6 nitrogen and oxygen atoms in total. The number of hydrogen-bond donors (Lipinski definition) is 1. The van der Waals surface area contributed by atoms with Crippen LogP contribution in [-0.2, 0) is 9.59 Å². The Labute approximate surface area is 196 Å². The van der Waals surface area contributed by atoms with Crippen molar-refractivity contribution in [2.75, 3.05) is 11.9 Å². The average molecular weight is 491 g/mol. The summed E-state index contributed by atoms with van der Waals surface area (Å²) in [6, 6.07) is 13.5. The van der Waals surface area contributed by atoms with E-state index < -0.39 is 29.4 Å². The van der Waals surface area contributed by atoms with Crippen LogP contribution in [0.4, 0.5) is 14.9 Å². The Hall–Kier alpha value is -3.07. The van der Waals surface area contributed by atoms with Gasteiger partial charge in [-0.25, -0.2) is 4.39 Å². The first kappa shape index (κ1) is 22.1. The summed E-state index contributed by atoms with van der Waals surface area (Å²) in [5, 5.41) is 2.64. The van der Waals surface area contributed by atoms with Gasteiger partial charge in [0.25, 0.3) is 11.1 Å². The van der Waals surface area contributed by atoms with E-state index in [1.165, 1.54) is 30.3 Å². The molecule has 10 heteroatoms. The molecule has 2 aromatic carbocycles. The van der Waals surface area contributed by atoms with Gasteiger partial charge in [0, 0.05) is 17.3 Å². The van der Waals surface area contributed by atoms with E-state index in [1.54, 1.807) is 30.3 Å². The van der Waals surface area contributed by atoms with Crippen molar-refractivity contribution in [3.63, 3.8) is 0 Å². The molecule has 1 N–H and O–H groups in total. The lowest BCUT2D eigenvalue weighted by Crippen LogP contribution is -2.36. The van der Waals surface area contributed by atoms with Gasteiger partial charge in [-0.3, -0.25) is 19.3 Å². The highest BCUT2D eigenvalue weighted by atomic mass is 35.5. The summed E-state index contributed by atoms with van der Waals surface area (Å²) in [5.74, 6) is -0.874. The van der Waals surface area contributed by atoms with Gasteiger partial charge in [0.1, 0.15) is 23.9 Å².